The van der Waals surface area contributed by atoms with Gasteiger partial charge < -0.3 is 9.32 Å². The Hall–Kier alpha value is -1.55. The minimum atomic E-state index is 0.126. The predicted molar refractivity (Wildman–Crippen MR) is 80.2 cm³/mol. The van der Waals surface area contributed by atoms with E-state index in [9.17, 15) is 4.79 Å². The van der Waals surface area contributed by atoms with Crippen molar-refractivity contribution in [3.8, 4) is 0 Å². The van der Waals surface area contributed by atoms with Crippen molar-refractivity contribution in [3.05, 3.63) is 58.5 Å². The summed E-state index contributed by atoms with van der Waals surface area (Å²) in [5.74, 6) is 1.51. The van der Waals surface area contributed by atoms with Crippen molar-refractivity contribution in [3.63, 3.8) is 0 Å². The Morgan fingerprint density at radius 1 is 1.30 bits per heavy atom. The molecule has 1 fully saturated rings. The summed E-state index contributed by atoms with van der Waals surface area (Å²) in [6, 6.07) is 14.0. The Bertz CT molecular complexity index is 608. The first-order valence-electron chi connectivity index (χ1n) is 6.69. The van der Waals surface area contributed by atoms with Gasteiger partial charge in [0.25, 0.3) is 0 Å². The van der Waals surface area contributed by atoms with Crippen LogP contribution in [-0.2, 0) is 11.3 Å². The first-order chi connectivity index (χ1) is 9.65. The number of carbonyl (C=O) groups is 1. The molecular formula is C16H16BrNO2. The largest absolute Gasteiger partial charge is 0.452 e. The lowest BCUT2D eigenvalue weighted by Gasteiger charge is -2.15. The molecule has 1 aromatic heterocycles. The van der Waals surface area contributed by atoms with Gasteiger partial charge in [0, 0.05) is 13.0 Å². The van der Waals surface area contributed by atoms with E-state index in [1.807, 2.05) is 37.4 Å². The van der Waals surface area contributed by atoms with Crippen LogP contribution in [0.15, 0.2) is 51.6 Å². The molecule has 104 valence electrons. The monoisotopic (exact) mass is 333 g/mol. The average molecular weight is 334 g/mol. The molecule has 0 N–H and O–H groups in total. The van der Waals surface area contributed by atoms with Crippen LogP contribution in [0.4, 0.5) is 0 Å². The van der Waals surface area contributed by atoms with Gasteiger partial charge in [-0.25, -0.2) is 0 Å². The smallest absolute Gasteiger partial charge is 0.226 e. The van der Waals surface area contributed by atoms with Gasteiger partial charge in [-0.15, -0.1) is 0 Å². The maximum absolute atomic E-state index is 12.4. The summed E-state index contributed by atoms with van der Waals surface area (Å²) in [6.07, 6.45) is 0.953. The molecule has 2 atom stereocenters. The summed E-state index contributed by atoms with van der Waals surface area (Å²) in [7, 11) is 1.83. The summed E-state index contributed by atoms with van der Waals surface area (Å²) in [6.45, 7) is 0.516. The number of hydrogen-bond donors (Lipinski definition) is 0. The van der Waals surface area contributed by atoms with Gasteiger partial charge in [-0.2, -0.15) is 0 Å². The zero-order valence-electron chi connectivity index (χ0n) is 11.3. The van der Waals surface area contributed by atoms with Crippen molar-refractivity contribution >= 4 is 21.8 Å². The van der Waals surface area contributed by atoms with Gasteiger partial charge in [0.2, 0.25) is 5.91 Å². The number of furan rings is 1. The summed E-state index contributed by atoms with van der Waals surface area (Å²) in [4.78, 5) is 14.1. The lowest BCUT2D eigenvalue weighted by molar-refractivity contribution is -0.132. The van der Waals surface area contributed by atoms with Crippen LogP contribution in [-0.4, -0.2) is 17.9 Å². The Kier molecular flexibility index (Phi) is 3.66. The maximum atomic E-state index is 12.4. The van der Waals surface area contributed by atoms with Crippen LogP contribution in [0.5, 0.6) is 0 Å². The number of halogens is 1. The van der Waals surface area contributed by atoms with E-state index in [1.165, 1.54) is 5.56 Å². The van der Waals surface area contributed by atoms with Gasteiger partial charge in [0.15, 0.2) is 4.67 Å². The molecule has 3 rings (SSSR count). The minimum absolute atomic E-state index is 0.126. The van der Waals surface area contributed by atoms with Crippen molar-refractivity contribution < 1.29 is 9.21 Å². The highest BCUT2D eigenvalue weighted by Gasteiger charge is 2.45. The lowest BCUT2D eigenvalue weighted by atomic mass is 10.1. The molecule has 0 spiro atoms. The Labute approximate surface area is 126 Å². The number of nitrogens with zero attached hydrogens (tertiary/aromatic N) is 1. The van der Waals surface area contributed by atoms with Crippen LogP contribution < -0.4 is 0 Å². The standard InChI is InChI=1S/C16H16BrNO2/c1-18(10-12-7-8-15(17)20-12)16(19)14-9-13(14)11-5-3-2-4-6-11/h2-8,13-14H,9-10H2,1H3. The fraction of sp³-hybridized carbons (Fsp3) is 0.312. The summed E-state index contributed by atoms with van der Waals surface area (Å²) in [5.41, 5.74) is 1.26. The van der Waals surface area contributed by atoms with Crippen LogP contribution in [0.25, 0.3) is 0 Å². The third-order valence-electron chi connectivity index (χ3n) is 3.73. The number of amides is 1. The molecule has 1 amide bonds. The summed E-state index contributed by atoms with van der Waals surface area (Å²) >= 11 is 3.27. The lowest BCUT2D eigenvalue weighted by Crippen LogP contribution is -2.27. The normalized spacial score (nSPS) is 20.7. The molecule has 0 saturated heterocycles. The molecule has 0 radical (unpaired) electrons. The number of hydrogen-bond acceptors (Lipinski definition) is 2. The van der Waals surface area contributed by atoms with E-state index in [-0.39, 0.29) is 11.8 Å². The third-order valence-corrected chi connectivity index (χ3v) is 4.16. The zero-order valence-corrected chi connectivity index (χ0v) is 12.8. The van der Waals surface area contributed by atoms with Crippen LogP contribution in [0.2, 0.25) is 0 Å². The molecule has 1 aliphatic carbocycles. The highest BCUT2D eigenvalue weighted by molar-refractivity contribution is 9.10. The van der Waals surface area contributed by atoms with E-state index < -0.39 is 0 Å². The molecule has 0 bridgehead atoms. The zero-order chi connectivity index (χ0) is 14.1. The first kappa shape index (κ1) is 13.4. The van der Waals surface area contributed by atoms with Gasteiger partial charge in [0.1, 0.15) is 5.76 Å². The Balaban J connectivity index is 1.60. The Morgan fingerprint density at radius 3 is 2.70 bits per heavy atom. The quantitative estimate of drug-likeness (QED) is 0.852. The summed E-state index contributed by atoms with van der Waals surface area (Å²) in [5, 5.41) is 0. The van der Waals surface area contributed by atoms with Gasteiger partial charge in [-0.1, -0.05) is 30.3 Å². The van der Waals surface area contributed by atoms with Gasteiger partial charge >= 0.3 is 0 Å². The molecule has 4 heteroatoms. The second kappa shape index (κ2) is 5.44. The number of rotatable bonds is 4. The van der Waals surface area contributed by atoms with E-state index in [0.29, 0.717) is 17.1 Å². The summed E-state index contributed by atoms with van der Waals surface area (Å²) < 4.78 is 6.13. The fourth-order valence-corrected chi connectivity index (χ4v) is 2.91. The SMILES string of the molecule is CN(Cc1ccc(Br)o1)C(=O)C1CC1c1ccccc1. The minimum Gasteiger partial charge on any atom is -0.452 e. The number of benzene rings is 1. The van der Waals surface area contributed by atoms with E-state index in [0.717, 1.165) is 12.2 Å². The van der Waals surface area contributed by atoms with Gasteiger partial charge in [0.05, 0.1) is 6.54 Å². The topological polar surface area (TPSA) is 33.5 Å². The molecule has 1 aliphatic rings. The number of carbonyl (C=O) groups excluding carboxylic acids is 1. The van der Waals surface area contributed by atoms with Crippen LogP contribution in [0, 0.1) is 5.92 Å². The highest BCUT2D eigenvalue weighted by atomic mass is 79.9. The molecule has 1 aromatic carbocycles. The molecule has 2 unspecified atom stereocenters. The second-order valence-corrected chi connectivity index (χ2v) is 6.04. The molecule has 1 heterocycles. The van der Waals surface area contributed by atoms with E-state index in [4.69, 9.17) is 4.42 Å². The van der Waals surface area contributed by atoms with Crippen LogP contribution in [0.3, 0.4) is 0 Å². The van der Waals surface area contributed by atoms with Gasteiger partial charge in [-0.3, -0.25) is 4.79 Å². The maximum Gasteiger partial charge on any atom is 0.226 e. The van der Waals surface area contributed by atoms with E-state index in [2.05, 4.69) is 28.1 Å². The fourth-order valence-electron chi connectivity index (χ4n) is 2.57. The molecule has 2 aromatic rings. The first-order valence-corrected chi connectivity index (χ1v) is 7.48. The Morgan fingerprint density at radius 2 is 2.05 bits per heavy atom. The van der Waals surface area contributed by atoms with Crippen molar-refractivity contribution in [1.82, 2.24) is 4.90 Å². The van der Waals surface area contributed by atoms with Crippen molar-refractivity contribution in [2.24, 2.45) is 5.92 Å². The molecular weight excluding hydrogens is 318 g/mol. The van der Waals surface area contributed by atoms with E-state index >= 15 is 0 Å². The van der Waals surface area contributed by atoms with Crippen molar-refractivity contribution in [2.45, 2.75) is 18.9 Å². The van der Waals surface area contributed by atoms with Crippen molar-refractivity contribution in [1.29, 1.82) is 0 Å². The predicted octanol–water partition coefficient (Wildman–Crippen LogP) is 3.80. The van der Waals surface area contributed by atoms with Gasteiger partial charge in [-0.05, 0) is 46.0 Å². The second-order valence-electron chi connectivity index (χ2n) is 5.26. The molecule has 1 saturated carbocycles. The molecule has 20 heavy (non-hydrogen) atoms. The van der Waals surface area contributed by atoms with Crippen molar-refractivity contribution in [2.75, 3.05) is 7.05 Å². The van der Waals surface area contributed by atoms with Crippen LogP contribution in [0.1, 0.15) is 23.7 Å². The third kappa shape index (κ3) is 2.80. The molecule has 0 aliphatic heterocycles. The average Bonchev–Trinajstić information content (AvgIpc) is 3.16. The molecule has 3 nitrogen and oxygen atoms in total. The van der Waals surface area contributed by atoms with E-state index in [1.54, 1.807) is 4.90 Å². The highest BCUT2D eigenvalue weighted by Crippen LogP contribution is 2.48. The van der Waals surface area contributed by atoms with Crippen LogP contribution >= 0.6 is 15.9 Å².